The van der Waals surface area contributed by atoms with Crippen LogP contribution in [0.4, 0.5) is 0 Å². The summed E-state index contributed by atoms with van der Waals surface area (Å²) in [5, 5.41) is 6.83. The first kappa shape index (κ1) is 8.30. The second-order valence-corrected chi connectivity index (χ2v) is 3.10. The van der Waals surface area contributed by atoms with Gasteiger partial charge in [0.1, 0.15) is 0 Å². The van der Waals surface area contributed by atoms with Crippen molar-refractivity contribution in [1.82, 2.24) is 0 Å². The molecule has 0 saturated heterocycles. The maximum Gasteiger partial charge on any atom is 0.198 e. The molecule has 0 unspecified atom stereocenters. The average molecular weight is 243 g/mol. The van der Waals surface area contributed by atoms with E-state index in [0.29, 0.717) is 17.5 Å². The highest BCUT2D eigenvalue weighted by Gasteiger charge is 1.95. The third-order valence-electron chi connectivity index (χ3n) is 0.541. The first-order valence-corrected chi connectivity index (χ1v) is 3.63. The van der Waals surface area contributed by atoms with Gasteiger partial charge in [-0.15, -0.1) is 0 Å². The van der Waals surface area contributed by atoms with Crippen molar-refractivity contribution in [3.05, 3.63) is 0 Å². The van der Waals surface area contributed by atoms with E-state index in [1.165, 1.54) is 0 Å². The molecule has 0 aromatic rings. The maximum atomic E-state index is 10.1. The van der Waals surface area contributed by atoms with Gasteiger partial charge < -0.3 is 0 Å². The van der Waals surface area contributed by atoms with Gasteiger partial charge in [0, 0.05) is 12.8 Å². The number of carbonyl (C=O) groups is 1. The summed E-state index contributed by atoms with van der Waals surface area (Å²) in [6.07, 6.45) is 0.883. The Morgan fingerprint density at radius 3 is 2.00 bits per heavy atom. The highest BCUT2D eigenvalue weighted by Crippen LogP contribution is 2.01. The summed E-state index contributed by atoms with van der Waals surface area (Å²) >= 11 is 5.66. The Kier molecular flexibility index (Phi) is 4.36. The topological polar surface area (TPSA) is 40.9 Å². The molecule has 0 aromatic heterocycles. The van der Waals surface area contributed by atoms with Crippen molar-refractivity contribution >= 4 is 41.2 Å². The van der Waals surface area contributed by atoms with E-state index in [4.69, 9.17) is 5.41 Å². The Morgan fingerprint density at radius 1 is 1.38 bits per heavy atom. The first-order chi connectivity index (χ1) is 3.63. The molecule has 0 heterocycles. The summed E-state index contributed by atoms with van der Waals surface area (Å²) in [6.45, 7) is 0. The average Bonchev–Trinajstić information content (AvgIpc) is 1.61. The molecule has 4 heteroatoms. The van der Waals surface area contributed by atoms with E-state index in [0.717, 1.165) is 0 Å². The molecule has 0 aromatic carbocycles. The summed E-state index contributed by atoms with van der Waals surface area (Å²) in [6, 6.07) is 0. The molecule has 0 aliphatic rings. The third kappa shape index (κ3) is 6.30. The summed E-state index contributed by atoms with van der Waals surface area (Å²) in [4.78, 5) is 10.1. The molecule has 0 atom stereocenters. The highest BCUT2D eigenvalue weighted by atomic mass is 79.9. The lowest BCUT2D eigenvalue weighted by Crippen LogP contribution is -1.89. The molecule has 2 nitrogen and oxygen atoms in total. The monoisotopic (exact) mass is 241 g/mol. The molecule has 0 fully saturated rings. The SMILES string of the molecule is N=C(Br)CCC(=O)Br. The molecule has 0 radical (unpaired) electrons. The van der Waals surface area contributed by atoms with Crippen molar-refractivity contribution in [1.29, 1.82) is 5.41 Å². The summed E-state index contributed by atoms with van der Waals surface area (Å²) in [5.41, 5.74) is 0. The lowest BCUT2D eigenvalue weighted by Gasteiger charge is -1.87. The molecule has 0 rings (SSSR count). The van der Waals surface area contributed by atoms with Crippen LogP contribution in [-0.4, -0.2) is 9.31 Å². The van der Waals surface area contributed by atoms with E-state index >= 15 is 0 Å². The minimum Gasteiger partial charge on any atom is -0.298 e. The van der Waals surface area contributed by atoms with Crippen molar-refractivity contribution < 1.29 is 4.79 Å². The smallest absolute Gasteiger partial charge is 0.198 e. The predicted molar refractivity (Wildman–Crippen MR) is 39.8 cm³/mol. The number of carbonyl (C=O) groups excluding carboxylic acids is 1. The Morgan fingerprint density at radius 2 is 1.88 bits per heavy atom. The van der Waals surface area contributed by atoms with Crippen molar-refractivity contribution in [3.8, 4) is 0 Å². The van der Waals surface area contributed by atoms with Crippen LogP contribution in [0.15, 0.2) is 0 Å². The van der Waals surface area contributed by atoms with E-state index in [2.05, 4.69) is 31.9 Å². The highest BCUT2D eigenvalue weighted by molar-refractivity contribution is 9.18. The minimum absolute atomic E-state index is 0.0540. The van der Waals surface area contributed by atoms with Crippen LogP contribution >= 0.6 is 31.9 Å². The van der Waals surface area contributed by atoms with Gasteiger partial charge in [-0.05, 0) is 31.9 Å². The fourth-order valence-corrected chi connectivity index (χ4v) is 0.605. The summed E-state index contributed by atoms with van der Waals surface area (Å²) in [7, 11) is 0. The minimum atomic E-state index is -0.0540. The van der Waals surface area contributed by atoms with Crippen LogP contribution in [-0.2, 0) is 4.79 Å². The van der Waals surface area contributed by atoms with Crippen LogP contribution in [0.3, 0.4) is 0 Å². The Hall–Kier alpha value is 0.300. The van der Waals surface area contributed by atoms with E-state index in [-0.39, 0.29) is 4.69 Å². The second kappa shape index (κ2) is 4.21. The van der Waals surface area contributed by atoms with Crippen molar-refractivity contribution in [2.24, 2.45) is 0 Å². The number of rotatable bonds is 3. The standard InChI is InChI=1S/C4H5Br2NO/c5-3(7)1-2-4(6)8/h7H,1-2H2. The lowest BCUT2D eigenvalue weighted by molar-refractivity contribution is -0.110. The fourth-order valence-electron chi connectivity index (χ4n) is 0.208. The molecular weight excluding hydrogens is 238 g/mol. The Balaban J connectivity index is 3.18. The van der Waals surface area contributed by atoms with Gasteiger partial charge in [0.15, 0.2) is 4.69 Å². The van der Waals surface area contributed by atoms with Crippen molar-refractivity contribution in [3.63, 3.8) is 0 Å². The zero-order chi connectivity index (χ0) is 6.57. The largest absolute Gasteiger partial charge is 0.298 e. The molecular formula is C4H5Br2NO. The lowest BCUT2D eigenvalue weighted by atomic mass is 10.4. The Bertz CT molecular complexity index is 98.6. The Labute approximate surface area is 64.4 Å². The summed E-state index contributed by atoms with van der Waals surface area (Å²) in [5.74, 6) is 0. The number of hydrogen-bond donors (Lipinski definition) is 1. The first-order valence-electron chi connectivity index (χ1n) is 2.04. The van der Waals surface area contributed by atoms with Gasteiger partial charge in [-0.1, -0.05) is 0 Å². The molecule has 46 valence electrons. The molecule has 0 amide bonds. The number of halogens is 2. The molecule has 0 bridgehead atoms. The van der Waals surface area contributed by atoms with Gasteiger partial charge >= 0.3 is 0 Å². The molecule has 0 saturated carbocycles. The van der Waals surface area contributed by atoms with Gasteiger partial charge in [-0.25, -0.2) is 0 Å². The maximum absolute atomic E-state index is 10.1. The molecule has 0 aliphatic heterocycles. The summed E-state index contributed by atoms with van der Waals surface area (Å²) < 4.78 is 0.312. The fraction of sp³-hybridized carbons (Fsp3) is 0.500. The van der Waals surface area contributed by atoms with Crippen LogP contribution in [0.2, 0.25) is 0 Å². The van der Waals surface area contributed by atoms with Gasteiger partial charge in [0.2, 0.25) is 0 Å². The van der Waals surface area contributed by atoms with E-state index < -0.39 is 0 Å². The van der Waals surface area contributed by atoms with Crippen LogP contribution in [0, 0.1) is 5.41 Å². The van der Waals surface area contributed by atoms with E-state index in [9.17, 15) is 4.79 Å². The quantitative estimate of drug-likeness (QED) is 0.598. The van der Waals surface area contributed by atoms with Crippen LogP contribution < -0.4 is 0 Å². The third-order valence-corrected chi connectivity index (χ3v) is 1.33. The normalized spacial score (nSPS) is 8.75. The van der Waals surface area contributed by atoms with Gasteiger partial charge in [-0.2, -0.15) is 0 Å². The van der Waals surface area contributed by atoms with Gasteiger partial charge in [0.05, 0.1) is 4.62 Å². The van der Waals surface area contributed by atoms with Crippen LogP contribution in [0.1, 0.15) is 12.8 Å². The molecule has 0 aliphatic carbocycles. The molecule has 1 N–H and O–H groups in total. The van der Waals surface area contributed by atoms with Crippen molar-refractivity contribution in [2.75, 3.05) is 0 Å². The van der Waals surface area contributed by atoms with E-state index in [1.807, 2.05) is 0 Å². The van der Waals surface area contributed by atoms with Gasteiger partial charge in [-0.3, -0.25) is 10.2 Å². The molecule has 8 heavy (non-hydrogen) atoms. The van der Waals surface area contributed by atoms with Crippen LogP contribution in [0.25, 0.3) is 0 Å². The van der Waals surface area contributed by atoms with Crippen LogP contribution in [0.5, 0.6) is 0 Å². The molecule has 0 spiro atoms. The second-order valence-electron chi connectivity index (χ2n) is 1.26. The zero-order valence-corrected chi connectivity index (χ0v) is 7.25. The number of hydrogen-bond acceptors (Lipinski definition) is 2. The predicted octanol–water partition coefficient (Wildman–Crippen LogP) is 2.06. The van der Waals surface area contributed by atoms with Gasteiger partial charge in [0.25, 0.3) is 0 Å². The van der Waals surface area contributed by atoms with Crippen molar-refractivity contribution in [2.45, 2.75) is 12.8 Å². The zero-order valence-electron chi connectivity index (χ0n) is 4.08. The number of nitrogens with one attached hydrogen (secondary N) is 1. The van der Waals surface area contributed by atoms with E-state index in [1.54, 1.807) is 0 Å².